The van der Waals surface area contributed by atoms with Gasteiger partial charge in [-0.15, -0.1) is 0 Å². The van der Waals surface area contributed by atoms with Crippen molar-refractivity contribution >= 4 is 17.1 Å². The van der Waals surface area contributed by atoms with Crippen LogP contribution in [0.2, 0.25) is 0 Å². The summed E-state index contributed by atoms with van der Waals surface area (Å²) in [6.07, 6.45) is 0.990. The van der Waals surface area contributed by atoms with Gasteiger partial charge in [-0.25, -0.2) is 0 Å². The number of para-hydroxylation sites is 2. The van der Waals surface area contributed by atoms with E-state index in [0.717, 1.165) is 23.5 Å². The molecule has 0 unspecified atom stereocenters. The summed E-state index contributed by atoms with van der Waals surface area (Å²) in [5.41, 5.74) is 14.0. The van der Waals surface area contributed by atoms with Crippen LogP contribution < -0.4 is 4.90 Å². The monoisotopic (exact) mass is 485 g/mol. The van der Waals surface area contributed by atoms with E-state index >= 15 is 0 Å². The minimum absolute atomic E-state index is 0.990. The van der Waals surface area contributed by atoms with E-state index in [1.54, 1.807) is 0 Å². The number of anilines is 3. The van der Waals surface area contributed by atoms with Crippen molar-refractivity contribution in [1.82, 2.24) is 0 Å². The third kappa shape index (κ3) is 3.90. The fraction of sp³-hybridized carbons (Fsp3) is 0.0270. The molecule has 0 spiro atoms. The highest BCUT2D eigenvalue weighted by molar-refractivity contribution is 5.89. The summed E-state index contributed by atoms with van der Waals surface area (Å²) < 4.78 is 0. The summed E-state index contributed by atoms with van der Waals surface area (Å²) in [7, 11) is 0. The molecular weight excluding hydrogens is 458 g/mol. The molecule has 0 aromatic heterocycles. The molecule has 1 heteroatoms. The van der Waals surface area contributed by atoms with E-state index in [1.807, 2.05) is 0 Å². The molecule has 0 amide bonds. The van der Waals surface area contributed by atoms with E-state index in [4.69, 9.17) is 0 Å². The predicted molar refractivity (Wildman–Crippen MR) is 160 cm³/mol. The average molecular weight is 486 g/mol. The fourth-order valence-corrected chi connectivity index (χ4v) is 5.75. The first-order chi connectivity index (χ1) is 18.9. The van der Waals surface area contributed by atoms with Gasteiger partial charge in [0.1, 0.15) is 0 Å². The Balaban J connectivity index is 1.32. The first-order valence-corrected chi connectivity index (χ1v) is 13.2. The Kier molecular flexibility index (Phi) is 5.60. The van der Waals surface area contributed by atoms with Crippen LogP contribution >= 0.6 is 0 Å². The topological polar surface area (TPSA) is 3.24 Å². The van der Waals surface area contributed by atoms with Crippen molar-refractivity contribution in [3.63, 3.8) is 0 Å². The Morgan fingerprint density at radius 2 is 0.921 bits per heavy atom. The van der Waals surface area contributed by atoms with Gasteiger partial charge in [0, 0.05) is 16.9 Å². The van der Waals surface area contributed by atoms with Crippen LogP contribution in [-0.2, 0) is 6.42 Å². The van der Waals surface area contributed by atoms with Crippen LogP contribution in [0.1, 0.15) is 11.1 Å². The van der Waals surface area contributed by atoms with E-state index in [9.17, 15) is 0 Å². The lowest BCUT2D eigenvalue weighted by Crippen LogP contribution is -2.11. The molecule has 180 valence electrons. The van der Waals surface area contributed by atoms with Gasteiger partial charge in [0.15, 0.2) is 0 Å². The van der Waals surface area contributed by atoms with Crippen molar-refractivity contribution in [3.05, 3.63) is 163 Å². The molecule has 6 aromatic rings. The van der Waals surface area contributed by atoms with E-state index in [2.05, 4.69) is 157 Å². The Bertz CT molecular complexity index is 1720. The molecule has 6 aromatic carbocycles. The van der Waals surface area contributed by atoms with Crippen LogP contribution in [0.3, 0.4) is 0 Å². The fourth-order valence-electron chi connectivity index (χ4n) is 5.75. The highest BCUT2D eigenvalue weighted by Crippen LogP contribution is 2.43. The van der Waals surface area contributed by atoms with Gasteiger partial charge in [-0.3, -0.25) is 0 Å². The molecule has 7 rings (SSSR count). The van der Waals surface area contributed by atoms with Crippen molar-refractivity contribution in [2.24, 2.45) is 0 Å². The minimum Gasteiger partial charge on any atom is -0.310 e. The van der Waals surface area contributed by atoms with Crippen molar-refractivity contribution in [1.29, 1.82) is 0 Å². The molecule has 0 heterocycles. The highest BCUT2D eigenvalue weighted by atomic mass is 15.1. The first kappa shape index (κ1) is 22.3. The first-order valence-electron chi connectivity index (χ1n) is 13.2. The summed E-state index contributed by atoms with van der Waals surface area (Å²) >= 11 is 0. The molecule has 1 aliphatic carbocycles. The molecule has 0 bridgehead atoms. The zero-order chi connectivity index (χ0) is 25.3. The average Bonchev–Trinajstić information content (AvgIpc) is 3.38. The zero-order valence-electron chi connectivity index (χ0n) is 21.1. The molecule has 0 aliphatic heterocycles. The second-order valence-corrected chi connectivity index (χ2v) is 9.77. The lowest BCUT2D eigenvalue weighted by molar-refractivity contribution is 1.26. The van der Waals surface area contributed by atoms with Gasteiger partial charge in [-0.1, -0.05) is 121 Å². The van der Waals surface area contributed by atoms with Gasteiger partial charge < -0.3 is 4.90 Å². The molecular formula is C37H27N. The van der Waals surface area contributed by atoms with Crippen LogP contribution in [0, 0.1) is 0 Å². The minimum atomic E-state index is 0.990. The van der Waals surface area contributed by atoms with E-state index in [1.165, 1.54) is 44.5 Å². The molecule has 0 saturated heterocycles. The maximum Gasteiger partial charge on any atom is 0.0540 e. The lowest BCUT2D eigenvalue weighted by atomic mass is 9.95. The molecule has 0 saturated carbocycles. The van der Waals surface area contributed by atoms with Crippen molar-refractivity contribution in [3.8, 4) is 33.4 Å². The molecule has 0 fully saturated rings. The van der Waals surface area contributed by atoms with Gasteiger partial charge in [0.05, 0.1) is 5.69 Å². The van der Waals surface area contributed by atoms with E-state index in [-0.39, 0.29) is 0 Å². The summed E-state index contributed by atoms with van der Waals surface area (Å²) in [5, 5.41) is 0. The normalized spacial score (nSPS) is 11.6. The van der Waals surface area contributed by atoms with Crippen LogP contribution in [-0.4, -0.2) is 0 Å². The van der Waals surface area contributed by atoms with Gasteiger partial charge >= 0.3 is 0 Å². The van der Waals surface area contributed by atoms with Gasteiger partial charge in [0.2, 0.25) is 0 Å². The van der Waals surface area contributed by atoms with Gasteiger partial charge in [0.25, 0.3) is 0 Å². The number of benzene rings is 6. The highest BCUT2D eigenvalue weighted by Gasteiger charge is 2.21. The summed E-state index contributed by atoms with van der Waals surface area (Å²) in [6, 6.07) is 54.5. The van der Waals surface area contributed by atoms with Crippen molar-refractivity contribution < 1.29 is 0 Å². The van der Waals surface area contributed by atoms with E-state index < -0.39 is 0 Å². The molecule has 0 atom stereocenters. The quantitative estimate of drug-likeness (QED) is 0.234. The Hall–Kier alpha value is -4.88. The Morgan fingerprint density at radius 3 is 1.71 bits per heavy atom. The molecule has 38 heavy (non-hydrogen) atoms. The maximum atomic E-state index is 2.36. The third-order valence-electron chi connectivity index (χ3n) is 7.53. The van der Waals surface area contributed by atoms with Crippen LogP contribution in [0.25, 0.3) is 33.4 Å². The molecule has 0 radical (unpaired) electrons. The van der Waals surface area contributed by atoms with Crippen molar-refractivity contribution in [2.45, 2.75) is 6.42 Å². The Morgan fingerprint density at radius 1 is 0.368 bits per heavy atom. The smallest absolute Gasteiger partial charge is 0.0540 e. The zero-order valence-corrected chi connectivity index (χ0v) is 21.1. The third-order valence-corrected chi connectivity index (χ3v) is 7.53. The summed E-state index contributed by atoms with van der Waals surface area (Å²) in [6.45, 7) is 0. The Labute approximate surface area is 224 Å². The van der Waals surface area contributed by atoms with Gasteiger partial charge in [-0.2, -0.15) is 0 Å². The SMILES string of the molecule is c1ccc(-c2ccccc2N(c2ccccc2)c2ccc(-c3cccc4c3Cc3ccccc3-4)cc2)cc1. The van der Waals surface area contributed by atoms with Crippen LogP contribution in [0.4, 0.5) is 17.1 Å². The maximum absolute atomic E-state index is 2.36. The van der Waals surface area contributed by atoms with Crippen molar-refractivity contribution in [2.75, 3.05) is 4.90 Å². The molecule has 1 nitrogen and oxygen atoms in total. The largest absolute Gasteiger partial charge is 0.310 e. The number of nitrogens with zero attached hydrogens (tertiary/aromatic N) is 1. The predicted octanol–water partition coefficient (Wildman–Crippen LogP) is 10.1. The lowest BCUT2D eigenvalue weighted by Gasteiger charge is -2.28. The number of fused-ring (bicyclic) bond motifs is 3. The van der Waals surface area contributed by atoms with Crippen LogP contribution in [0.15, 0.2) is 152 Å². The van der Waals surface area contributed by atoms with Crippen LogP contribution in [0.5, 0.6) is 0 Å². The second-order valence-electron chi connectivity index (χ2n) is 9.77. The standard InChI is InChI=1S/C37H27N/c1-3-12-27(13-4-1)34-18-9-10-21-37(34)38(30-15-5-2-6-16-30)31-24-22-28(23-25-31)32-19-11-20-35-33-17-8-7-14-29(33)26-36(32)35/h1-25H,26H2. The number of hydrogen-bond acceptors (Lipinski definition) is 1. The molecule has 0 N–H and O–H groups in total. The number of rotatable bonds is 5. The second kappa shape index (κ2) is 9.53. The summed E-state index contributed by atoms with van der Waals surface area (Å²) in [4.78, 5) is 2.36. The van der Waals surface area contributed by atoms with E-state index in [0.29, 0.717) is 0 Å². The van der Waals surface area contributed by atoms with Gasteiger partial charge in [-0.05, 0) is 75.7 Å². The summed E-state index contributed by atoms with van der Waals surface area (Å²) in [5.74, 6) is 0. The molecule has 1 aliphatic rings. The number of hydrogen-bond donors (Lipinski definition) is 0.